The predicted molar refractivity (Wildman–Crippen MR) is 86.2 cm³/mol. The van der Waals surface area contributed by atoms with Crippen LogP contribution in [0.15, 0.2) is 28.7 Å². The number of para-hydroxylation sites is 1. The highest BCUT2D eigenvalue weighted by atomic mass is 79.9. The SMILES string of the molecule is CC(C)(C)NC(=O)CNC(=O)c1[nH]c2ccccc2c1Br. The first-order valence-electron chi connectivity index (χ1n) is 6.63. The van der Waals surface area contributed by atoms with Gasteiger partial charge in [0, 0.05) is 16.4 Å². The zero-order valence-electron chi connectivity index (χ0n) is 12.2. The summed E-state index contributed by atoms with van der Waals surface area (Å²) in [7, 11) is 0. The fraction of sp³-hybridized carbons (Fsp3) is 0.333. The number of hydrogen-bond donors (Lipinski definition) is 3. The number of carbonyl (C=O) groups is 2. The van der Waals surface area contributed by atoms with Crippen molar-refractivity contribution in [3.63, 3.8) is 0 Å². The number of aromatic amines is 1. The van der Waals surface area contributed by atoms with E-state index in [-0.39, 0.29) is 23.9 Å². The predicted octanol–water partition coefficient (Wildman–Crippen LogP) is 2.57. The summed E-state index contributed by atoms with van der Waals surface area (Å²) < 4.78 is 0.701. The maximum atomic E-state index is 12.2. The van der Waals surface area contributed by atoms with E-state index in [4.69, 9.17) is 0 Å². The molecule has 1 aromatic carbocycles. The molecule has 3 N–H and O–H groups in total. The summed E-state index contributed by atoms with van der Waals surface area (Å²) in [5, 5.41) is 6.33. The number of halogens is 1. The maximum Gasteiger partial charge on any atom is 0.269 e. The lowest BCUT2D eigenvalue weighted by molar-refractivity contribution is -0.121. The molecule has 0 aliphatic carbocycles. The van der Waals surface area contributed by atoms with Crippen molar-refractivity contribution in [2.75, 3.05) is 6.54 Å². The van der Waals surface area contributed by atoms with Crippen molar-refractivity contribution in [2.24, 2.45) is 0 Å². The fourth-order valence-electron chi connectivity index (χ4n) is 1.98. The Morgan fingerprint density at radius 2 is 1.90 bits per heavy atom. The molecule has 6 heteroatoms. The summed E-state index contributed by atoms with van der Waals surface area (Å²) in [5.41, 5.74) is 0.970. The summed E-state index contributed by atoms with van der Waals surface area (Å²) in [5.74, 6) is -0.537. The Morgan fingerprint density at radius 1 is 1.24 bits per heavy atom. The summed E-state index contributed by atoms with van der Waals surface area (Å²) in [6, 6.07) is 7.60. The van der Waals surface area contributed by atoms with Crippen LogP contribution >= 0.6 is 15.9 Å². The number of benzene rings is 1. The lowest BCUT2D eigenvalue weighted by Gasteiger charge is -2.20. The molecule has 0 aliphatic heterocycles. The molecule has 21 heavy (non-hydrogen) atoms. The van der Waals surface area contributed by atoms with Crippen LogP contribution in [-0.2, 0) is 4.79 Å². The third-order valence-corrected chi connectivity index (χ3v) is 3.62. The zero-order valence-corrected chi connectivity index (χ0v) is 13.8. The number of fused-ring (bicyclic) bond motifs is 1. The third kappa shape index (κ3) is 3.85. The van der Waals surface area contributed by atoms with Crippen LogP contribution in [0.25, 0.3) is 10.9 Å². The number of H-pyrrole nitrogens is 1. The lowest BCUT2D eigenvalue weighted by Crippen LogP contribution is -2.45. The minimum Gasteiger partial charge on any atom is -0.350 e. The second kappa shape index (κ2) is 5.89. The van der Waals surface area contributed by atoms with Gasteiger partial charge in [-0.25, -0.2) is 0 Å². The van der Waals surface area contributed by atoms with Gasteiger partial charge in [0.05, 0.1) is 11.0 Å². The molecule has 1 heterocycles. The minimum atomic E-state index is -0.317. The van der Waals surface area contributed by atoms with E-state index in [0.717, 1.165) is 10.9 Å². The van der Waals surface area contributed by atoms with E-state index in [0.29, 0.717) is 10.2 Å². The molecular formula is C15H18BrN3O2. The second-order valence-electron chi connectivity index (χ2n) is 5.84. The molecule has 0 saturated heterocycles. The average Bonchev–Trinajstić information content (AvgIpc) is 2.72. The van der Waals surface area contributed by atoms with Crippen molar-refractivity contribution in [1.82, 2.24) is 15.6 Å². The van der Waals surface area contributed by atoms with Gasteiger partial charge in [-0.15, -0.1) is 0 Å². The number of rotatable bonds is 3. The molecule has 0 spiro atoms. The Hall–Kier alpha value is -1.82. The van der Waals surface area contributed by atoms with E-state index in [2.05, 4.69) is 31.5 Å². The van der Waals surface area contributed by atoms with Gasteiger partial charge in [-0.3, -0.25) is 9.59 Å². The molecule has 5 nitrogen and oxygen atoms in total. The van der Waals surface area contributed by atoms with Gasteiger partial charge < -0.3 is 15.6 Å². The second-order valence-corrected chi connectivity index (χ2v) is 6.63. The molecule has 0 unspecified atom stereocenters. The van der Waals surface area contributed by atoms with Crippen LogP contribution in [0.1, 0.15) is 31.3 Å². The van der Waals surface area contributed by atoms with Crippen molar-refractivity contribution in [3.8, 4) is 0 Å². The molecule has 0 saturated carbocycles. The van der Waals surface area contributed by atoms with E-state index in [9.17, 15) is 9.59 Å². The molecule has 0 aliphatic rings. The molecule has 2 aromatic rings. The Labute approximate surface area is 131 Å². The van der Waals surface area contributed by atoms with Crippen molar-refractivity contribution in [1.29, 1.82) is 0 Å². The molecule has 2 rings (SSSR count). The van der Waals surface area contributed by atoms with Gasteiger partial charge >= 0.3 is 0 Å². The quantitative estimate of drug-likeness (QED) is 0.794. The highest BCUT2D eigenvalue weighted by molar-refractivity contribution is 9.10. The lowest BCUT2D eigenvalue weighted by atomic mass is 10.1. The first-order valence-corrected chi connectivity index (χ1v) is 7.42. The average molecular weight is 352 g/mol. The summed E-state index contributed by atoms with van der Waals surface area (Å²) in [6.45, 7) is 5.61. The molecule has 0 radical (unpaired) electrons. The fourth-order valence-corrected chi connectivity index (χ4v) is 2.60. The Kier molecular flexibility index (Phi) is 4.37. The van der Waals surface area contributed by atoms with Crippen LogP contribution in [0.3, 0.4) is 0 Å². The van der Waals surface area contributed by atoms with E-state index in [1.165, 1.54) is 0 Å². The Balaban J connectivity index is 2.06. The van der Waals surface area contributed by atoms with Crippen molar-refractivity contribution < 1.29 is 9.59 Å². The van der Waals surface area contributed by atoms with Gasteiger partial charge in [0.15, 0.2) is 0 Å². The number of carbonyl (C=O) groups excluding carboxylic acids is 2. The van der Waals surface area contributed by atoms with Crippen molar-refractivity contribution in [2.45, 2.75) is 26.3 Å². The number of nitrogens with one attached hydrogen (secondary N) is 3. The molecular weight excluding hydrogens is 334 g/mol. The van der Waals surface area contributed by atoms with Gasteiger partial charge in [0.1, 0.15) is 5.69 Å². The monoisotopic (exact) mass is 351 g/mol. The van der Waals surface area contributed by atoms with Crippen LogP contribution < -0.4 is 10.6 Å². The van der Waals surface area contributed by atoms with Crippen LogP contribution in [0.2, 0.25) is 0 Å². The largest absolute Gasteiger partial charge is 0.350 e. The van der Waals surface area contributed by atoms with Gasteiger partial charge in [0.25, 0.3) is 5.91 Å². The topological polar surface area (TPSA) is 74.0 Å². The maximum absolute atomic E-state index is 12.2. The zero-order chi connectivity index (χ0) is 15.6. The standard InChI is InChI=1S/C15H18BrN3O2/c1-15(2,3)19-11(20)8-17-14(21)13-12(16)9-6-4-5-7-10(9)18-13/h4-7,18H,8H2,1-3H3,(H,17,21)(H,19,20). The van der Waals surface area contributed by atoms with E-state index < -0.39 is 0 Å². The van der Waals surface area contributed by atoms with Crippen molar-refractivity contribution >= 4 is 38.6 Å². The molecule has 1 aromatic heterocycles. The molecule has 0 fully saturated rings. The molecule has 112 valence electrons. The van der Waals surface area contributed by atoms with Crippen LogP contribution in [-0.4, -0.2) is 28.9 Å². The van der Waals surface area contributed by atoms with Gasteiger partial charge in [-0.2, -0.15) is 0 Å². The van der Waals surface area contributed by atoms with Crippen LogP contribution in [0.4, 0.5) is 0 Å². The van der Waals surface area contributed by atoms with Gasteiger partial charge in [-0.1, -0.05) is 18.2 Å². The molecule has 0 bridgehead atoms. The minimum absolute atomic E-state index is 0.0576. The Bertz CT molecular complexity index is 686. The summed E-state index contributed by atoms with van der Waals surface area (Å²) in [6.07, 6.45) is 0. The van der Waals surface area contributed by atoms with Gasteiger partial charge in [-0.05, 0) is 42.8 Å². The summed E-state index contributed by atoms with van der Waals surface area (Å²) in [4.78, 5) is 26.9. The first-order chi connectivity index (χ1) is 9.78. The van der Waals surface area contributed by atoms with Crippen LogP contribution in [0, 0.1) is 0 Å². The number of hydrogen-bond acceptors (Lipinski definition) is 2. The van der Waals surface area contributed by atoms with Crippen LogP contribution in [0.5, 0.6) is 0 Å². The van der Waals surface area contributed by atoms with E-state index in [1.54, 1.807) is 0 Å². The number of amides is 2. The smallest absolute Gasteiger partial charge is 0.269 e. The first kappa shape index (κ1) is 15.6. The van der Waals surface area contributed by atoms with Gasteiger partial charge in [0.2, 0.25) is 5.91 Å². The molecule has 0 atom stereocenters. The van der Waals surface area contributed by atoms with E-state index in [1.807, 2.05) is 45.0 Å². The summed E-state index contributed by atoms with van der Waals surface area (Å²) >= 11 is 3.42. The normalized spacial score (nSPS) is 11.4. The highest BCUT2D eigenvalue weighted by Crippen LogP contribution is 2.27. The third-order valence-electron chi connectivity index (χ3n) is 2.79. The van der Waals surface area contributed by atoms with Crippen molar-refractivity contribution in [3.05, 3.63) is 34.4 Å². The molecule has 2 amide bonds. The Morgan fingerprint density at radius 3 is 2.52 bits per heavy atom. The van der Waals surface area contributed by atoms with E-state index >= 15 is 0 Å². The highest BCUT2D eigenvalue weighted by Gasteiger charge is 2.18. The number of aromatic nitrogens is 1.